The summed E-state index contributed by atoms with van der Waals surface area (Å²) in [6.45, 7) is 1.95. The Kier molecular flexibility index (Phi) is 5.29. The molecule has 1 aliphatic rings. The molecule has 152 valence electrons. The van der Waals surface area contributed by atoms with Gasteiger partial charge in [0.2, 0.25) is 0 Å². The van der Waals surface area contributed by atoms with Gasteiger partial charge in [-0.15, -0.1) is 11.3 Å². The van der Waals surface area contributed by atoms with Gasteiger partial charge in [0.1, 0.15) is 17.2 Å². The second kappa shape index (κ2) is 8.04. The van der Waals surface area contributed by atoms with E-state index in [-0.39, 0.29) is 11.6 Å². The molecule has 4 rings (SSSR count). The van der Waals surface area contributed by atoms with E-state index in [2.05, 4.69) is 5.32 Å². The first-order valence-electron chi connectivity index (χ1n) is 9.25. The van der Waals surface area contributed by atoms with Gasteiger partial charge in [-0.2, -0.15) is 0 Å². The number of anilines is 2. The van der Waals surface area contributed by atoms with E-state index in [1.165, 1.54) is 16.2 Å². The highest BCUT2D eigenvalue weighted by molar-refractivity contribution is 7.11. The van der Waals surface area contributed by atoms with Gasteiger partial charge in [0.05, 0.1) is 25.5 Å². The van der Waals surface area contributed by atoms with Crippen molar-refractivity contribution in [2.75, 3.05) is 24.4 Å². The lowest BCUT2D eigenvalue weighted by molar-refractivity contribution is -0.120. The van der Waals surface area contributed by atoms with Crippen LogP contribution in [0.15, 0.2) is 65.7 Å². The van der Waals surface area contributed by atoms with E-state index in [1.807, 2.05) is 36.6 Å². The summed E-state index contributed by atoms with van der Waals surface area (Å²) in [5.74, 6) is 0.377. The second-order valence-corrected chi connectivity index (χ2v) is 7.68. The molecule has 0 fully saturated rings. The number of methoxy groups -OCH3 is 2. The number of ether oxygens (including phenoxy) is 2. The summed E-state index contributed by atoms with van der Waals surface area (Å²) < 4.78 is 10.6. The lowest BCUT2D eigenvalue weighted by Gasteiger charge is -2.16. The lowest BCUT2D eigenvalue weighted by atomic mass is 10.1. The SMILES string of the molecule is COc1cc(NC2=C(c3cccs3)C(=O)N(c3ccc(C)cc3)C2=O)cc(OC)c1. The Morgan fingerprint density at radius 1 is 0.900 bits per heavy atom. The van der Waals surface area contributed by atoms with Crippen LogP contribution in [0, 0.1) is 6.92 Å². The number of rotatable bonds is 6. The minimum atomic E-state index is -0.408. The number of imide groups is 1. The van der Waals surface area contributed by atoms with Gasteiger partial charge in [0.25, 0.3) is 11.8 Å². The molecule has 1 aromatic heterocycles. The molecule has 0 spiro atoms. The summed E-state index contributed by atoms with van der Waals surface area (Å²) in [6, 6.07) is 16.2. The van der Waals surface area contributed by atoms with Crippen LogP contribution >= 0.6 is 11.3 Å². The van der Waals surface area contributed by atoms with E-state index in [0.717, 1.165) is 10.4 Å². The van der Waals surface area contributed by atoms with Crippen molar-refractivity contribution in [3.63, 3.8) is 0 Å². The minimum Gasteiger partial charge on any atom is -0.497 e. The Morgan fingerprint density at radius 3 is 2.13 bits per heavy atom. The van der Waals surface area contributed by atoms with Crippen molar-refractivity contribution >= 4 is 40.1 Å². The molecule has 2 amide bonds. The zero-order valence-corrected chi connectivity index (χ0v) is 17.6. The topological polar surface area (TPSA) is 67.9 Å². The Balaban J connectivity index is 1.79. The molecule has 0 atom stereocenters. The molecule has 7 heteroatoms. The van der Waals surface area contributed by atoms with Crippen molar-refractivity contribution in [1.82, 2.24) is 0 Å². The van der Waals surface area contributed by atoms with Gasteiger partial charge in [-0.1, -0.05) is 23.8 Å². The summed E-state index contributed by atoms with van der Waals surface area (Å²) in [6.07, 6.45) is 0. The number of carbonyl (C=O) groups excluding carboxylic acids is 2. The molecule has 0 saturated heterocycles. The van der Waals surface area contributed by atoms with Gasteiger partial charge in [0, 0.05) is 28.8 Å². The van der Waals surface area contributed by atoms with Crippen LogP contribution in [-0.2, 0) is 9.59 Å². The molecule has 2 aromatic carbocycles. The molecule has 6 nitrogen and oxygen atoms in total. The predicted octanol–water partition coefficient (Wildman–Crippen LogP) is 4.47. The Morgan fingerprint density at radius 2 is 1.57 bits per heavy atom. The smallest absolute Gasteiger partial charge is 0.282 e. The standard InChI is InChI=1S/C23H20N2O4S/c1-14-6-8-16(9-7-14)25-22(26)20(19-5-4-10-30-19)21(23(25)27)24-15-11-17(28-2)13-18(12-15)29-3/h4-13,24H,1-3H3. The number of carbonyl (C=O) groups is 2. The van der Waals surface area contributed by atoms with Crippen LogP contribution in [0.5, 0.6) is 11.5 Å². The van der Waals surface area contributed by atoms with Crippen LogP contribution in [0.4, 0.5) is 11.4 Å². The average Bonchev–Trinajstić information content (AvgIpc) is 3.35. The number of hydrogen-bond donors (Lipinski definition) is 1. The predicted molar refractivity (Wildman–Crippen MR) is 118 cm³/mol. The first-order chi connectivity index (χ1) is 14.5. The molecule has 3 aromatic rings. The van der Waals surface area contributed by atoms with Crippen molar-refractivity contribution in [3.8, 4) is 11.5 Å². The molecule has 0 radical (unpaired) electrons. The van der Waals surface area contributed by atoms with E-state index < -0.39 is 5.91 Å². The molecule has 1 aliphatic heterocycles. The minimum absolute atomic E-state index is 0.221. The highest BCUT2D eigenvalue weighted by Crippen LogP contribution is 2.36. The van der Waals surface area contributed by atoms with E-state index in [1.54, 1.807) is 44.6 Å². The van der Waals surface area contributed by atoms with Gasteiger partial charge >= 0.3 is 0 Å². The first-order valence-corrected chi connectivity index (χ1v) is 10.1. The molecule has 0 aliphatic carbocycles. The Labute approximate surface area is 178 Å². The van der Waals surface area contributed by atoms with E-state index in [0.29, 0.717) is 28.4 Å². The van der Waals surface area contributed by atoms with E-state index in [4.69, 9.17) is 9.47 Å². The molecule has 30 heavy (non-hydrogen) atoms. The normalized spacial score (nSPS) is 13.8. The number of nitrogens with one attached hydrogen (secondary N) is 1. The maximum absolute atomic E-state index is 13.3. The van der Waals surface area contributed by atoms with Gasteiger partial charge in [-0.3, -0.25) is 9.59 Å². The summed E-state index contributed by atoms with van der Waals surface area (Å²) in [7, 11) is 3.11. The van der Waals surface area contributed by atoms with E-state index >= 15 is 0 Å². The van der Waals surface area contributed by atoms with Gasteiger partial charge in [-0.25, -0.2) is 4.90 Å². The Bertz CT molecular complexity index is 1110. The third kappa shape index (κ3) is 3.55. The van der Waals surface area contributed by atoms with Crippen LogP contribution in [0.2, 0.25) is 0 Å². The number of aryl methyl sites for hydroxylation is 1. The van der Waals surface area contributed by atoms with Gasteiger partial charge in [-0.05, 0) is 30.5 Å². The van der Waals surface area contributed by atoms with Crippen LogP contribution in [0.3, 0.4) is 0 Å². The lowest BCUT2D eigenvalue weighted by Crippen LogP contribution is -2.32. The highest BCUT2D eigenvalue weighted by atomic mass is 32.1. The summed E-state index contributed by atoms with van der Waals surface area (Å²) in [5, 5.41) is 5.01. The van der Waals surface area contributed by atoms with Crippen molar-refractivity contribution in [2.24, 2.45) is 0 Å². The monoisotopic (exact) mass is 420 g/mol. The van der Waals surface area contributed by atoms with E-state index in [9.17, 15) is 9.59 Å². The summed E-state index contributed by atoms with van der Waals surface area (Å²) in [5.41, 5.74) is 2.73. The quantitative estimate of drug-likeness (QED) is 0.596. The Hall–Kier alpha value is -3.58. The zero-order valence-electron chi connectivity index (χ0n) is 16.8. The number of amides is 2. The van der Waals surface area contributed by atoms with Crippen LogP contribution < -0.4 is 19.7 Å². The summed E-state index contributed by atoms with van der Waals surface area (Å²) in [4.78, 5) is 28.6. The van der Waals surface area contributed by atoms with Crippen LogP contribution in [0.25, 0.3) is 5.57 Å². The van der Waals surface area contributed by atoms with Gasteiger partial charge in [0.15, 0.2) is 0 Å². The zero-order chi connectivity index (χ0) is 21.3. The van der Waals surface area contributed by atoms with Crippen molar-refractivity contribution in [1.29, 1.82) is 0 Å². The molecular formula is C23H20N2O4S. The second-order valence-electron chi connectivity index (χ2n) is 6.73. The number of benzene rings is 2. The fourth-order valence-electron chi connectivity index (χ4n) is 3.25. The number of thiophene rings is 1. The molecule has 2 heterocycles. The molecule has 1 N–H and O–H groups in total. The van der Waals surface area contributed by atoms with Crippen molar-refractivity contribution < 1.29 is 19.1 Å². The van der Waals surface area contributed by atoms with Crippen molar-refractivity contribution in [3.05, 3.63) is 76.1 Å². The van der Waals surface area contributed by atoms with Crippen molar-refractivity contribution in [2.45, 2.75) is 6.92 Å². The summed E-state index contributed by atoms with van der Waals surface area (Å²) >= 11 is 1.41. The fourth-order valence-corrected chi connectivity index (χ4v) is 4.02. The number of hydrogen-bond acceptors (Lipinski definition) is 6. The first kappa shape index (κ1) is 19.7. The molecule has 0 bridgehead atoms. The highest BCUT2D eigenvalue weighted by Gasteiger charge is 2.40. The maximum atomic E-state index is 13.3. The van der Waals surface area contributed by atoms with Crippen LogP contribution in [-0.4, -0.2) is 26.0 Å². The third-order valence-corrected chi connectivity index (χ3v) is 5.65. The molecule has 0 unspecified atom stereocenters. The molecule has 0 saturated carbocycles. The fraction of sp³-hybridized carbons (Fsp3) is 0.130. The largest absolute Gasteiger partial charge is 0.497 e. The van der Waals surface area contributed by atoms with Crippen LogP contribution in [0.1, 0.15) is 10.4 Å². The maximum Gasteiger partial charge on any atom is 0.282 e. The molecular weight excluding hydrogens is 400 g/mol. The van der Waals surface area contributed by atoms with Gasteiger partial charge < -0.3 is 14.8 Å². The number of nitrogens with zero attached hydrogens (tertiary/aromatic N) is 1. The third-order valence-electron chi connectivity index (χ3n) is 4.76. The average molecular weight is 420 g/mol.